The van der Waals surface area contributed by atoms with Crippen molar-refractivity contribution in [2.24, 2.45) is 0 Å². The van der Waals surface area contributed by atoms with E-state index in [0.29, 0.717) is 6.10 Å². The van der Waals surface area contributed by atoms with Crippen LogP contribution in [0.2, 0.25) is 31.4 Å². The van der Waals surface area contributed by atoms with E-state index < -0.39 is 26.7 Å². The molecule has 0 bridgehead atoms. The Kier molecular flexibility index (Phi) is 17.8. The van der Waals surface area contributed by atoms with Crippen LogP contribution >= 0.6 is 0 Å². The molecule has 0 radical (unpaired) electrons. The zero-order chi connectivity index (χ0) is 21.3. The number of unbranched alkanes of at least 4 members (excludes halogenated alkanes) is 3. The van der Waals surface area contributed by atoms with Crippen LogP contribution in [0.25, 0.3) is 0 Å². The Labute approximate surface area is 184 Å². The zero-order valence-corrected chi connectivity index (χ0v) is 24.6. The minimum atomic E-state index is -2.12. The van der Waals surface area contributed by atoms with E-state index in [-0.39, 0.29) is 0 Å². The van der Waals surface area contributed by atoms with E-state index in [1.54, 1.807) is 13.3 Å². The van der Waals surface area contributed by atoms with Crippen molar-refractivity contribution in [3.63, 3.8) is 0 Å². The number of rotatable bonds is 19. The maximum absolute atomic E-state index is 6.90. The molecule has 0 saturated heterocycles. The molecule has 0 aromatic rings. The second kappa shape index (κ2) is 17.4. The van der Waals surface area contributed by atoms with Crippen LogP contribution in [0.5, 0.6) is 0 Å². The first-order chi connectivity index (χ1) is 13.5. The van der Waals surface area contributed by atoms with Crippen LogP contribution in [0.15, 0.2) is 10.2 Å². The molecule has 1 atom stereocenters. The standard InChI is InChI=1S/C13H27OSi.3C4H9.Sn/c1-6-11-13(12-7-2)14-15(8-3,9-4)10-5;3*1-3-4-2;/h1,6,13H,7-12H2,2-5H3;3*1,3-4H2,2H3;. The third-order valence-corrected chi connectivity index (χ3v) is 25.9. The molecular weight excluding hydrogens is 463 g/mol. The van der Waals surface area contributed by atoms with Crippen molar-refractivity contribution in [3.05, 3.63) is 10.2 Å². The van der Waals surface area contributed by atoms with Crippen molar-refractivity contribution < 1.29 is 4.43 Å². The van der Waals surface area contributed by atoms with Gasteiger partial charge in [-0.15, -0.1) is 0 Å². The summed E-state index contributed by atoms with van der Waals surface area (Å²) in [5.41, 5.74) is 0. The van der Waals surface area contributed by atoms with E-state index in [9.17, 15) is 0 Å². The van der Waals surface area contributed by atoms with Crippen LogP contribution < -0.4 is 0 Å². The van der Waals surface area contributed by atoms with Gasteiger partial charge in [0.25, 0.3) is 0 Å². The van der Waals surface area contributed by atoms with Gasteiger partial charge in [0, 0.05) is 0 Å². The third-order valence-electron chi connectivity index (χ3n) is 6.92. The predicted molar refractivity (Wildman–Crippen MR) is 136 cm³/mol. The fourth-order valence-corrected chi connectivity index (χ4v) is 21.9. The Balaban J connectivity index is 5.26. The van der Waals surface area contributed by atoms with E-state index in [4.69, 9.17) is 4.43 Å². The van der Waals surface area contributed by atoms with Crippen LogP contribution in [0.3, 0.4) is 0 Å². The van der Waals surface area contributed by atoms with Gasteiger partial charge >= 0.3 is 185 Å². The Morgan fingerprint density at radius 1 is 0.714 bits per heavy atom. The van der Waals surface area contributed by atoms with Gasteiger partial charge in [-0.2, -0.15) is 0 Å². The molecule has 0 amide bonds. The molecule has 28 heavy (non-hydrogen) atoms. The van der Waals surface area contributed by atoms with E-state index >= 15 is 0 Å². The van der Waals surface area contributed by atoms with E-state index in [1.807, 2.05) is 0 Å². The SMILES string of the molecule is CCC[CH2][Sn](/[CH]=C/CC(CCC)O[Si](CC)(CC)CC)([CH2]CCC)[CH2]CCC. The van der Waals surface area contributed by atoms with Gasteiger partial charge in [0.15, 0.2) is 0 Å². The van der Waals surface area contributed by atoms with Gasteiger partial charge in [0.05, 0.1) is 0 Å². The van der Waals surface area contributed by atoms with Gasteiger partial charge in [-0.25, -0.2) is 0 Å². The molecule has 0 aliphatic heterocycles. The summed E-state index contributed by atoms with van der Waals surface area (Å²) in [5.74, 6) is 0. The predicted octanol–water partition coefficient (Wildman–Crippen LogP) is 9.51. The molecule has 0 heterocycles. The summed E-state index contributed by atoms with van der Waals surface area (Å²) in [6, 6.07) is 3.82. The van der Waals surface area contributed by atoms with E-state index in [2.05, 4.69) is 58.6 Å². The molecule has 0 saturated carbocycles. The fourth-order valence-electron chi connectivity index (χ4n) is 4.58. The molecule has 0 spiro atoms. The molecule has 0 aliphatic rings. The summed E-state index contributed by atoms with van der Waals surface area (Å²) >= 11 is -2.12. The van der Waals surface area contributed by atoms with Gasteiger partial charge in [0.1, 0.15) is 0 Å². The number of hydrogen-bond acceptors (Lipinski definition) is 1. The van der Waals surface area contributed by atoms with Gasteiger partial charge in [-0.3, -0.25) is 0 Å². The quantitative estimate of drug-likeness (QED) is 0.155. The summed E-state index contributed by atoms with van der Waals surface area (Å²) in [6.07, 6.45) is 15.2. The molecule has 1 unspecified atom stereocenters. The Morgan fingerprint density at radius 3 is 1.54 bits per heavy atom. The summed E-state index contributed by atoms with van der Waals surface area (Å²) < 4.78 is 14.5. The van der Waals surface area contributed by atoms with Crippen LogP contribution in [0, 0.1) is 0 Å². The van der Waals surface area contributed by atoms with E-state index in [0.717, 1.165) is 0 Å². The second-order valence-corrected chi connectivity index (χ2v) is 26.8. The molecular formula is C25H54OSiSn. The zero-order valence-electron chi connectivity index (χ0n) is 20.7. The molecule has 0 N–H and O–H groups in total. The van der Waals surface area contributed by atoms with Crippen molar-refractivity contribution in [1.29, 1.82) is 0 Å². The van der Waals surface area contributed by atoms with Crippen molar-refractivity contribution in [3.8, 4) is 0 Å². The van der Waals surface area contributed by atoms with Crippen LogP contribution in [-0.4, -0.2) is 32.8 Å². The van der Waals surface area contributed by atoms with Crippen molar-refractivity contribution in [2.45, 2.75) is 144 Å². The van der Waals surface area contributed by atoms with Gasteiger partial charge in [-0.1, -0.05) is 0 Å². The molecule has 1 nitrogen and oxygen atoms in total. The van der Waals surface area contributed by atoms with Crippen molar-refractivity contribution >= 4 is 26.7 Å². The number of hydrogen-bond donors (Lipinski definition) is 0. The summed E-state index contributed by atoms with van der Waals surface area (Å²) in [6.45, 7) is 16.5. The molecule has 0 fully saturated rings. The first-order valence-electron chi connectivity index (χ1n) is 12.9. The minimum absolute atomic E-state index is 0.472. The first-order valence-corrected chi connectivity index (χ1v) is 23.1. The summed E-state index contributed by atoms with van der Waals surface area (Å²) in [5, 5.41) is 0. The maximum atomic E-state index is 6.90. The first kappa shape index (κ1) is 28.7. The van der Waals surface area contributed by atoms with Gasteiger partial charge < -0.3 is 0 Å². The van der Waals surface area contributed by atoms with Gasteiger partial charge in [-0.05, 0) is 0 Å². The van der Waals surface area contributed by atoms with Crippen LogP contribution in [0.1, 0.15) is 106 Å². The van der Waals surface area contributed by atoms with Crippen molar-refractivity contribution in [2.75, 3.05) is 0 Å². The average Bonchev–Trinajstić information content (AvgIpc) is 2.72. The van der Waals surface area contributed by atoms with Crippen LogP contribution in [-0.2, 0) is 4.43 Å². The molecule has 0 aliphatic carbocycles. The van der Waals surface area contributed by atoms with E-state index in [1.165, 1.54) is 75.9 Å². The monoisotopic (exact) mass is 518 g/mol. The van der Waals surface area contributed by atoms with Crippen LogP contribution in [0.4, 0.5) is 0 Å². The molecule has 0 aromatic heterocycles. The third kappa shape index (κ3) is 11.2. The normalized spacial score (nSPS) is 14.1. The molecule has 168 valence electrons. The van der Waals surface area contributed by atoms with Crippen molar-refractivity contribution in [1.82, 2.24) is 0 Å². The molecule has 0 rings (SSSR count). The summed E-state index contributed by atoms with van der Waals surface area (Å²) in [7, 11) is -1.49. The van der Waals surface area contributed by atoms with Gasteiger partial charge in [0.2, 0.25) is 0 Å². The average molecular weight is 518 g/mol. The Bertz CT molecular complexity index is 349. The Hall–Kier alpha value is 0.716. The summed E-state index contributed by atoms with van der Waals surface area (Å²) in [4.78, 5) is 0. The Morgan fingerprint density at radius 2 is 1.18 bits per heavy atom. The second-order valence-electron chi connectivity index (χ2n) is 9.08. The fraction of sp³-hybridized carbons (Fsp3) is 0.920. The molecule has 3 heteroatoms. The molecule has 0 aromatic carbocycles. The topological polar surface area (TPSA) is 9.23 Å².